The lowest BCUT2D eigenvalue weighted by atomic mass is 9.98. The molecule has 1 heterocycles. The summed E-state index contributed by atoms with van der Waals surface area (Å²) in [5.41, 5.74) is 6.03. The Bertz CT molecular complexity index is 654. The first-order chi connectivity index (χ1) is 9.95. The van der Waals surface area contributed by atoms with Gasteiger partial charge in [-0.25, -0.2) is 8.42 Å². The summed E-state index contributed by atoms with van der Waals surface area (Å²) in [4.78, 5) is 11.3. The number of rotatable bonds is 4. The van der Waals surface area contributed by atoms with Crippen LogP contribution in [0.25, 0.3) is 0 Å². The van der Waals surface area contributed by atoms with Gasteiger partial charge in [-0.15, -0.1) is 0 Å². The van der Waals surface area contributed by atoms with Crippen LogP contribution in [0, 0.1) is 17.2 Å². The first-order valence-corrected chi connectivity index (χ1v) is 8.14. The fraction of sp³-hybridized carbons (Fsp3) is 0.429. The van der Waals surface area contributed by atoms with E-state index < -0.39 is 10.0 Å². The molecule has 1 aromatic carbocycles. The SMILES string of the molecule is N#CCc1ccc(S(=O)(=O)N2CCC(C(N)=O)CC2)cc1. The van der Waals surface area contributed by atoms with Crippen molar-refractivity contribution in [2.75, 3.05) is 13.1 Å². The average Bonchev–Trinajstić information content (AvgIpc) is 2.48. The van der Waals surface area contributed by atoms with Gasteiger partial charge in [-0.05, 0) is 30.5 Å². The highest BCUT2D eigenvalue weighted by molar-refractivity contribution is 7.89. The first kappa shape index (κ1) is 15.5. The topological polar surface area (TPSA) is 104 Å². The van der Waals surface area contributed by atoms with E-state index in [1.807, 2.05) is 6.07 Å². The Balaban J connectivity index is 2.12. The van der Waals surface area contributed by atoms with Gasteiger partial charge in [0, 0.05) is 19.0 Å². The second-order valence-corrected chi connectivity index (χ2v) is 7.00. The smallest absolute Gasteiger partial charge is 0.243 e. The third-order valence-electron chi connectivity index (χ3n) is 3.70. The van der Waals surface area contributed by atoms with Crippen LogP contribution >= 0.6 is 0 Å². The largest absolute Gasteiger partial charge is 0.369 e. The monoisotopic (exact) mass is 307 g/mol. The maximum absolute atomic E-state index is 12.5. The summed E-state index contributed by atoms with van der Waals surface area (Å²) in [6, 6.07) is 8.34. The van der Waals surface area contributed by atoms with Gasteiger partial charge in [-0.2, -0.15) is 9.57 Å². The number of carbonyl (C=O) groups excluding carboxylic acids is 1. The van der Waals surface area contributed by atoms with Gasteiger partial charge in [0.1, 0.15) is 0 Å². The Kier molecular flexibility index (Phi) is 4.60. The minimum absolute atomic E-state index is 0.210. The van der Waals surface area contributed by atoms with Gasteiger partial charge in [-0.3, -0.25) is 4.79 Å². The zero-order chi connectivity index (χ0) is 15.5. The van der Waals surface area contributed by atoms with Crippen LogP contribution in [0.2, 0.25) is 0 Å². The second-order valence-electron chi connectivity index (χ2n) is 5.06. The molecular weight excluding hydrogens is 290 g/mol. The van der Waals surface area contributed by atoms with E-state index in [9.17, 15) is 13.2 Å². The van der Waals surface area contributed by atoms with E-state index in [0.29, 0.717) is 25.9 Å². The van der Waals surface area contributed by atoms with E-state index >= 15 is 0 Å². The number of nitrogens with two attached hydrogens (primary N) is 1. The van der Waals surface area contributed by atoms with E-state index in [0.717, 1.165) is 5.56 Å². The van der Waals surface area contributed by atoms with Crippen LogP contribution in [0.1, 0.15) is 18.4 Å². The number of carbonyl (C=O) groups is 1. The summed E-state index contributed by atoms with van der Waals surface area (Å²) in [7, 11) is -3.54. The number of amides is 1. The zero-order valence-electron chi connectivity index (χ0n) is 11.5. The number of hydrogen-bond acceptors (Lipinski definition) is 4. The molecule has 2 N–H and O–H groups in total. The van der Waals surface area contributed by atoms with Gasteiger partial charge in [0.15, 0.2) is 0 Å². The zero-order valence-corrected chi connectivity index (χ0v) is 12.3. The van der Waals surface area contributed by atoms with E-state index in [1.54, 1.807) is 12.1 Å². The van der Waals surface area contributed by atoms with Gasteiger partial charge < -0.3 is 5.73 Å². The van der Waals surface area contributed by atoms with Crippen LogP contribution in [0.5, 0.6) is 0 Å². The fourth-order valence-corrected chi connectivity index (χ4v) is 3.87. The lowest BCUT2D eigenvalue weighted by molar-refractivity contribution is -0.122. The lowest BCUT2D eigenvalue weighted by Gasteiger charge is -2.29. The number of nitrogens with zero attached hydrogens (tertiary/aromatic N) is 2. The molecule has 1 saturated heterocycles. The quantitative estimate of drug-likeness (QED) is 0.881. The molecule has 0 aromatic heterocycles. The van der Waals surface area contributed by atoms with Crippen LogP contribution in [0.3, 0.4) is 0 Å². The van der Waals surface area contributed by atoms with Crippen LogP contribution in [0.4, 0.5) is 0 Å². The first-order valence-electron chi connectivity index (χ1n) is 6.70. The molecule has 0 aliphatic carbocycles. The minimum atomic E-state index is -3.54. The van der Waals surface area contributed by atoms with Gasteiger partial charge in [0.05, 0.1) is 17.4 Å². The van der Waals surface area contributed by atoms with Crippen molar-refractivity contribution < 1.29 is 13.2 Å². The summed E-state index contributed by atoms with van der Waals surface area (Å²) in [6.07, 6.45) is 1.17. The summed E-state index contributed by atoms with van der Waals surface area (Å²) in [5, 5.41) is 8.61. The molecular formula is C14H17N3O3S. The van der Waals surface area contributed by atoms with Crippen LogP contribution in [-0.2, 0) is 21.2 Å². The Labute approximate surface area is 124 Å². The van der Waals surface area contributed by atoms with Crippen LogP contribution in [-0.4, -0.2) is 31.7 Å². The van der Waals surface area contributed by atoms with Crippen molar-refractivity contribution in [2.24, 2.45) is 11.7 Å². The third-order valence-corrected chi connectivity index (χ3v) is 5.61. The van der Waals surface area contributed by atoms with Crippen molar-refractivity contribution in [3.05, 3.63) is 29.8 Å². The predicted molar refractivity (Wildman–Crippen MR) is 76.4 cm³/mol. The normalized spacial score (nSPS) is 17.3. The highest BCUT2D eigenvalue weighted by Crippen LogP contribution is 2.23. The Morgan fingerprint density at radius 2 is 1.86 bits per heavy atom. The van der Waals surface area contributed by atoms with E-state index in [-0.39, 0.29) is 23.1 Å². The maximum atomic E-state index is 12.5. The molecule has 1 aliphatic heterocycles. The minimum Gasteiger partial charge on any atom is -0.369 e. The molecule has 0 unspecified atom stereocenters. The standard InChI is InChI=1S/C14H17N3O3S/c15-8-5-11-1-3-13(4-2-11)21(19,20)17-9-6-12(7-10-17)14(16)18/h1-4,12H,5-7,9-10H2,(H2,16,18). The predicted octanol–water partition coefficient (Wildman–Crippen LogP) is 0.639. The number of primary amides is 1. The molecule has 6 nitrogen and oxygen atoms in total. The van der Waals surface area contributed by atoms with Crippen molar-refractivity contribution in [3.63, 3.8) is 0 Å². The van der Waals surface area contributed by atoms with Gasteiger partial charge >= 0.3 is 0 Å². The van der Waals surface area contributed by atoms with Crippen molar-refractivity contribution in [1.29, 1.82) is 5.26 Å². The summed E-state index contributed by atoms with van der Waals surface area (Å²) < 4.78 is 26.3. The number of nitriles is 1. The van der Waals surface area contributed by atoms with E-state index in [4.69, 9.17) is 11.0 Å². The molecule has 7 heteroatoms. The van der Waals surface area contributed by atoms with Gasteiger partial charge in [0.25, 0.3) is 0 Å². The highest BCUT2D eigenvalue weighted by Gasteiger charge is 2.31. The molecule has 0 atom stereocenters. The Morgan fingerprint density at radius 3 is 2.33 bits per heavy atom. The summed E-state index contributed by atoms with van der Waals surface area (Å²) in [6.45, 7) is 0.603. The number of benzene rings is 1. The number of sulfonamides is 1. The van der Waals surface area contributed by atoms with Crippen molar-refractivity contribution in [2.45, 2.75) is 24.2 Å². The maximum Gasteiger partial charge on any atom is 0.243 e. The van der Waals surface area contributed by atoms with Gasteiger partial charge in [-0.1, -0.05) is 12.1 Å². The number of hydrogen-bond donors (Lipinski definition) is 1. The highest BCUT2D eigenvalue weighted by atomic mass is 32.2. The molecule has 112 valence electrons. The molecule has 1 aliphatic rings. The molecule has 2 rings (SSSR count). The molecule has 1 fully saturated rings. The van der Waals surface area contributed by atoms with E-state index in [2.05, 4.69) is 0 Å². The molecule has 1 aromatic rings. The molecule has 1 amide bonds. The summed E-state index contributed by atoms with van der Waals surface area (Å²) in [5.74, 6) is -0.609. The van der Waals surface area contributed by atoms with Crippen LogP contribution < -0.4 is 5.73 Å². The van der Waals surface area contributed by atoms with E-state index in [1.165, 1.54) is 16.4 Å². The van der Waals surface area contributed by atoms with Gasteiger partial charge in [0.2, 0.25) is 15.9 Å². The fourth-order valence-electron chi connectivity index (χ4n) is 2.40. The lowest BCUT2D eigenvalue weighted by Crippen LogP contribution is -2.41. The Hall–Kier alpha value is -1.91. The second kappa shape index (κ2) is 6.24. The molecule has 21 heavy (non-hydrogen) atoms. The molecule has 0 saturated carbocycles. The summed E-state index contributed by atoms with van der Waals surface area (Å²) >= 11 is 0. The molecule has 0 bridgehead atoms. The average molecular weight is 307 g/mol. The molecule has 0 radical (unpaired) electrons. The Morgan fingerprint density at radius 1 is 1.29 bits per heavy atom. The third kappa shape index (κ3) is 3.40. The van der Waals surface area contributed by atoms with Crippen molar-refractivity contribution in [1.82, 2.24) is 4.31 Å². The van der Waals surface area contributed by atoms with Crippen molar-refractivity contribution in [3.8, 4) is 6.07 Å². The number of piperidine rings is 1. The van der Waals surface area contributed by atoms with Crippen molar-refractivity contribution >= 4 is 15.9 Å². The molecule has 0 spiro atoms. The van der Waals surface area contributed by atoms with Crippen LogP contribution in [0.15, 0.2) is 29.2 Å².